The first kappa shape index (κ1) is 21.1. The van der Waals surface area contributed by atoms with E-state index in [9.17, 15) is 14.4 Å². The van der Waals surface area contributed by atoms with Crippen LogP contribution in [-0.4, -0.2) is 26.2 Å². The van der Waals surface area contributed by atoms with Crippen molar-refractivity contribution < 1.29 is 28.2 Å². The Balaban J connectivity index is 1.88. The zero-order valence-electron chi connectivity index (χ0n) is 17.0. The molecule has 0 N–H and O–H groups in total. The maximum atomic E-state index is 11.7. The summed E-state index contributed by atoms with van der Waals surface area (Å²) in [5.74, 6) is -0.222. The van der Waals surface area contributed by atoms with Crippen LogP contribution in [0.25, 0.3) is 11.0 Å². The van der Waals surface area contributed by atoms with Crippen molar-refractivity contribution in [1.82, 2.24) is 0 Å². The van der Waals surface area contributed by atoms with Crippen molar-refractivity contribution in [1.29, 1.82) is 0 Å². The van der Waals surface area contributed by atoms with Crippen molar-refractivity contribution in [3.63, 3.8) is 0 Å². The summed E-state index contributed by atoms with van der Waals surface area (Å²) in [5, 5.41) is 0.782. The van der Waals surface area contributed by atoms with Gasteiger partial charge in [-0.3, -0.25) is 4.79 Å². The van der Waals surface area contributed by atoms with E-state index in [1.165, 1.54) is 20.3 Å². The Kier molecular flexibility index (Phi) is 6.51. The highest BCUT2D eigenvalue weighted by molar-refractivity contribution is 5.89. The van der Waals surface area contributed by atoms with Gasteiger partial charge in [0.25, 0.3) is 0 Å². The number of benzene rings is 2. The van der Waals surface area contributed by atoms with Crippen LogP contribution >= 0.6 is 0 Å². The van der Waals surface area contributed by atoms with E-state index in [4.69, 9.17) is 18.6 Å². The molecule has 2 aromatic carbocycles. The second-order valence-corrected chi connectivity index (χ2v) is 6.76. The van der Waals surface area contributed by atoms with Crippen molar-refractivity contribution in [3.8, 4) is 5.75 Å². The molecule has 30 heavy (non-hydrogen) atoms. The molecule has 0 unspecified atom stereocenters. The first-order valence-electron chi connectivity index (χ1n) is 9.35. The average Bonchev–Trinajstić information content (AvgIpc) is 2.75. The Morgan fingerprint density at radius 2 is 1.73 bits per heavy atom. The number of fused-ring (bicyclic) bond motifs is 1. The van der Waals surface area contributed by atoms with Gasteiger partial charge in [0.15, 0.2) is 0 Å². The van der Waals surface area contributed by atoms with E-state index in [1.807, 2.05) is 13.0 Å². The van der Waals surface area contributed by atoms with E-state index in [-0.39, 0.29) is 19.0 Å². The minimum Gasteiger partial charge on any atom is -0.488 e. The fourth-order valence-electron chi connectivity index (χ4n) is 3.08. The third-order valence-electron chi connectivity index (χ3n) is 4.73. The van der Waals surface area contributed by atoms with E-state index in [0.717, 1.165) is 22.1 Å². The van der Waals surface area contributed by atoms with Crippen LogP contribution in [0.1, 0.15) is 33.5 Å². The van der Waals surface area contributed by atoms with Crippen molar-refractivity contribution >= 4 is 22.9 Å². The second-order valence-electron chi connectivity index (χ2n) is 6.76. The number of hydrogen-bond donors (Lipinski definition) is 0. The molecule has 0 fully saturated rings. The summed E-state index contributed by atoms with van der Waals surface area (Å²) in [7, 11) is 2.67. The van der Waals surface area contributed by atoms with Crippen LogP contribution in [0.15, 0.2) is 51.7 Å². The van der Waals surface area contributed by atoms with Crippen molar-refractivity contribution in [3.05, 3.63) is 75.1 Å². The monoisotopic (exact) mass is 410 g/mol. The molecular weight excluding hydrogens is 388 g/mol. The fourth-order valence-corrected chi connectivity index (χ4v) is 3.08. The minimum absolute atomic E-state index is 0.196. The van der Waals surface area contributed by atoms with E-state index >= 15 is 0 Å². The molecule has 7 nitrogen and oxygen atoms in total. The number of hydrogen-bond acceptors (Lipinski definition) is 7. The minimum atomic E-state index is -0.438. The van der Waals surface area contributed by atoms with Gasteiger partial charge in [-0.2, -0.15) is 0 Å². The smallest absolute Gasteiger partial charge is 0.337 e. The Morgan fingerprint density at radius 3 is 2.40 bits per heavy atom. The number of carbonyl (C=O) groups excluding carboxylic acids is 2. The second kappa shape index (κ2) is 9.26. The Labute approximate surface area is 173 Å². The van der Waals surface area contributed by atoms with Crippen molar-refractivity contribution in [2.75, 3.05) is 14.2 Å². The van der Waals surface area contributed by atoms with Gasteiger partial charge >= 0.3 is 17.6 Å². The summed E-state index contributed by atoms with van der Waals surface area (Å²) in [6.45, 7) is 2.06. The van der Waals surface area contributed by atoms with Crippen LogP contribution < -0.4 is 10.4 Å². The molecule has 0 amide bonds. The lowest BCUT2D eigenvalue weighted by molar-refractivity contribution is -0.140. The molecule has 0 aliphatic rings. The number of aryl methyl sites for hydroxylation is 2. The van der Waals surface area contributed by atoms with E-state index in [0.29, 0.717) is 23.3 Å². The third-order valence-corrected chi connectivity index (χ3v) is 4.73. The lowest BCUT2D eigenvalue weighted by Crippen LogP contribution is -2.06. The molecule has 0 saturated heterocycles. The van der Waals surface area contributed by atoms with Gasteiger partial charge in [0, 0.05) is 23.9 Å². The number of ether oxygens (including phenoxy) is 3. The zero-order chi connectivity index (χ0) is 21.7. The van der Waals surface area contributed by atoms with Crippen LogP contribution in [0, 0.1) is 6.92 Å². The van der Waals surface area contributed by atoms with Gasteiger partial charge in [-0.15, -0.1) is 0 Å². The standard InChI is InChI=1S/C23H22O7/c1-14-10-22(25)30-20-12-19(17(11-18(14)20)8-9-21(24)27-2)29-13-15-4-6-16(7-5-15)23(26)28-3/h4-7,10-12H,8-9,13H2,1-3H3. The SMILES string of the molecule is COC(=O)CCc1cc2c(C)cc(=O)oc2cc1OCc1ccc(C(=O)OC)cc1. The van der Waals surface area contributed by atoms with Gasteiger partial charge in [-0.1, -0.05) is 12.1 Å². The van der Waals surface area contributed by atoms with Gasteiger partial charge in [0.2, 0.25) is 0 Å². The van der Waals surface area contributed by atoms with Gasteiger partial charge < -0.3 is 18.6 Å². The highest BCUT2D eigenvalue weighted by Gasteiger charge is 2.13. The summed E-state index contributed by atoms with van der Waals surface area (Å²) in [6, 6.07) is 11.8. The van der Waals surface area contributed by atoms with Gasteiger partial charge in [-0.05, 0) is 48.2 Å². The third kappa shape index (κ3) is 4.86. The summed E-state index contributed by atoms with van der Waals surface area (Å²) < 4.78 is 20.7. The summed E-state index contributed by atoms with van der Waals surface area (Å²) in [5.41, 5.74) is 2.85. The molecule has 1 aromatic heterocycles. The summed E-state index contributed by atoms with van der Waals surface area (Å²) in [4.78, 5) is 34.9. The molecule has 0 aliphatic heterocycles. The molecule has 1 heterocycles. The molecule has 3 rings (SSSR count). The number of rotatable bonds is 7. The molecule has 0 radical (unpaired) electrons. The molecule has 0 aliphatic carbocycles. The molecule has 7 heteroatoms. The Hall–Kier alpha value is -3.61. The molecular formula is C23H22O7. The predicted molar refractivity (Wildman–Crippen MR) is 110 cm³/mol. The summed E-state index contributed by atoms with van der Waals surface area (Å²) >= 11 is 0. The van der Waals surface area contributed by atoms with E-state index < -0.39 is 11.6 Å². The van der Waals surface area contributed by atoms with E-state index in [1.54, 1.807) is 30.3 Å². The lowest BCUT2D eigenvalue weighted by atomic mass is 10.0. The molecule has 0 bridgehead atoms. The molecule has 0 atom stereocenters. The van der Waals surface area contributed by atoms with Crippen molar-refractivity contribution in [2.45, 2.75) is 26.4 Å². The van der Waals surface area contributed by atoms with Crippen LogP contribution in [0.3, 0.4) is 0 Å². The topological polar surface area (TPSA) is 92.0 Å². The number of carbonyl (C=O) groups is 2. The summed E-state index contributed by atoms with van der Waals surface area (Å²) in [6.07, 6.45) is 0.611. The van der Waals surface area contributed by atoms with Crippen molar-refractivity contribution in [2.24, 2.45) is 0 Å². The van der Waals surface area contributed by atoms with E-state index in [2.05, 4.69) is 0 Å². The lowest BCUT2D eigenvalue weighted by Gasteiger charge is -2.13. The van der Waals surface area contributed by atoms with Gasteiger partial charge in [-0.25, -0.2) is 9.59 Å². The normalized spacial score (nSPS) is 10.6. The first-order chi connectivity index (χ1) is 14.4. The number of methoxy groups -OCH3 is 2. The average molecular weight is 410 g/mol. The maximum absolute atomic E-state index is 11.7. The largest absolute Gasteiger partial charge is 0.488 e. The molecule has 0 spiro atoms. The molecule has 156 valence electrons. The number of esters is 2. The fraction of sp³-hybridized carbons (Fsp3) is 0.261. The maximum Gasteiger partial charge on any atom is 0.337 e. The predicted octanol–water partition coefficient (Wildman–Crippen LogP) is 3.57. The Bertz CT molecular complexity index is 1130. The van der Waals surface area contributed by atoms with Crippen LogP contribution in [0.2, 0.25) is 0 Å². The highest BCUT2D eigenvalue weighted by Crippen LogP contribution is 2.29. The van der Waals surface area contributed by atoms with Crippen LogP contribution in [0.5, 0.6) is 5.75 Å². The zero-order valence-corrected chi connectivity index (χ0v) is 17.0. The van der Waals surface area contributed by atoms with Gasteiger partial charge in [0.05, 0.1) is 19.8 Å². The van der Waals surface area contributed by atoms with Gasteiger partial charge in [0.1, 0.15) is 17.9 Å². The quantitative estimate of drug-likeness (QED) is 0.434. The molecule has 3 aromatic rings. The van der Waals surface area contributed by atoms with Crippen LogP contribution in [0.4, 0.5) is 0 Å². The molecule has 0 saturated carbocycles. The van der Waals surface area contributed by atoms with Crippen LogP contribution in [-0.2, 0) is 27.3 Å². The first-order valence-corrected chi connectivity index (χ1v) is 9.35. The Morgan fingerprint density at radius 1 is 1.00 bits per heavy atom. The highest BCUT2D eigenvalue weighted by atomic mass is 16.5.